The zero-order chi connectivity index (χ0) is 36.8. The van der Waals surface area contributed by atoms with E-state index in [-0.39, 0.29) is 41.1 Å². The zero-order valence-corrected chi connectivity index (χ0v) is 29.6. The molecule has 1 fully saturated rings. The van der Waals surface area contributed by atoms with Gasteiger partial charge in [0.15, 0.2) is 9.84 Å². The Balaban J connectivity index is 1.24. The van der Waals surface area contributed by atoms with Crippen molar-refractivity contribution in [1.82, 2.24) is 20.9 Å². The lowest BCUT2D eigenvalue weighted by Gasteiger charge is -2.25. The van der Waals surface area contributed by atoms with Gasteiger partial charge in [0.2, 0.25) is 11.8 Å². The van der Waals surface area contributed by atoms with E-state index in [1.54, 1.807) is 51.3 Å². The van der Waals surface area contributed by atoms with Crippen LogP contribution in [0.25, 0.3) is 11.1 Å². The first-order chi connectivity index (χ1) is 23.3. The topological polar surface area (TPSA) is 175 Å². The first-order valence-electron chi connectivity index (χ1n) is 15.6. The van der Waals surface area contributed by atoms with Crippen molar-refractivity contribution < 1.29 is 41.1 Å². The number of ether oxygens (including phenoxy) is 1. The van der Waals surface area contributed by atoms with Gasteiger partial charge in [-0.05, 0) is 63.4 Å². The van der Waals surface area contributed by atoms with Crippen LogP contribution in [0.1, 0.15) is 72.1 Å². The normalized spacial score (nSPS) is 18.4. The highest BCUT2D eigenvalue weighted by Crippen LogP contribution is 2.50. The summed E-state index contributed by atoms with van der Waals surface area (Å²) in [4.78, 5) is 53.8. The maximum Gasteiger partial charge on any atom is 0.413 e. The van der Waals surface area contributed by atoms with Crippen LogP contribution >= 0.6 is 11.3 Å². The molecule has 0 radical (unpaired) electrons. The van der Waals surface area contributed by atoms with Crippen molar-refractivity contribution >= 4 is 50.8 Å². The predicted molar refractivity (Wildman–Crippen MR) is 183 cm³/mol. The monoisotopic (exact) mass is 729 g/mol. The van der Waals surface area contributed by atoms with E-state index in [2.05, 4.69) is 16.0 Å². The minimum atomic E-state index is -3.65. The highest BCUT2D eigenvalue weighted by Gasteiger charge is 2.45. The lowest BCUT2D eigenvalue weighted by atomic mass is 10.0. The van der Waals surface area contributed by atoms with Gasteiger partial charge in [-0.15, -0.1) is 11.3 Å². The number of alkyl halides is 2. The number of hydrogen-bond acceptors (Lipinski definition) is 9. The molecule has 266 valence electrons. The Morgan fingerprint density at radius 2 is 1.74 bits per heavy atom. The van der Waals surface area contributed by atoms with E-state index in [9.17, 15) is 36.4 Å². The van der Waals surface area contributed by atoms with E-state index in [0.717, 1.165) is 11.2 Å². The number of carbonyl (C=O) groups excluding carboxylic acids is 4. The molecule has 2 heterocycles. The zero-order valence-electron chi connectivity index (χ0n) is 27.9. The molecule has 2 aromatic carbocycles. The van der Waals surface area contributed by atoms with Crippen LogP contribution in [0.3, 0.4) is 0 Å². The fourth-order valence-corrected chi connectivity index (χ4v) is 7.75. The third-order valence-corrected chi connectivity index (χ3v) is 11.1. The number of nitrogens with one attached hydrogen (secondary N) is 4. The number of sulfone groups is 1. The van der Waals surface area contributed by atoms with E-state index in [4.69, 9.17) is 10.1 Å². The molecule has 16 heteroatoms. The number of likely N-dealkylation sites (tertiary alicyclic amines) is 1. The second-order valence-electron chi connectivity index (χ2n) is 13.3. The van der Waals surface area contributed by atoms with Crippen LogP contribution < -0.4 is 16.0 Å². The SMILES string of the molecule is C[C@@H](NC(=O)[C@@H]1C[C@@H](S(C)(=O)=O)CN1C(=O)CNC(=O)c1ccc2c(c1)-c1ccccc1C2(F)F)c1cc(C(=N)NC(=O)OC(C)(C)C)cs1. The predicted octanol–water partition coefficient (Wildman–Crippen LogP) is 4.34. The van der Waals surface area contributed by atoms with Gasteiger partial charge in [0, 0.05) is 45.3 Å². The van der Waals surface area contributed by atoms with E-state index in [1.165, 1.54) is 41.7 Å². The summed E-state index contributed by atoms with van der Waals surface area (Å²) in [5.41, 5.74) is -0.202. The van der Waals surface area contributed by atoms with Crippen molar-refractivity contribution in [3.63, 3.8) is 0 Å². The number of nitrogens with zero attached hydrogens (tertiary/aromatic N) is 1. The summed E-state index contributed by atoms with van der Waals surface area (Å²) in [6.45, 7) is 5.93. The van der Waals surface area contributed by atoms with Crippen molar-refractivity contribution in [2.24, 2.45) is 0 Å². The molecular weight excluding hydrogens is 693 g/mol. The number of amides is 4. The Hall–Kier alpha value is -4.70. The molecule has 1 aliphatic heterocycles. The molecule has 4 amide bonds. The summed E-state index contributed by atoms with van der Waals surface area (Å²) >= 11 is 1.22. The van der Waals surface area contributed by atoms with Gasteiger partial charge in [-0.2, -0.15) is 8.78 Å². The lowest BCUT2D eigenvalue weighted by molar-refractivity contribution is -0.137. The van der Waals surface area contributed by atoms with Crippen LogP contribution in [0, 0.1) is 5.41 Å². The maximum absolute atomic E-state index is 14.9. The third-order valence-electron chi connectivity index (χ3n) is 8.39. The summed E-state index contributed by atoms with van der Waals surface area (Å²) in [6.07, 6.45) is 0.0748. The highest BCUT2D eigenvalue weighted by molar-refractivity contribution is 7.91. The lowest BCUT2D eigenvalue weighted by Crippen LogP contribution is -2.49. The number of fused-ring (bicyclic) bond motifs is 3. The standard InChI is InChI=1S/C34H37F2N5O7S2/c1-18(27-13-20(17-49-27)29(37)40-32(45)48-33(2,3)4)39-31(44)26-14-21(50(5,46)47)16-41(26)28(42)15-38-30(43)19-10-11-25-23(12-19)22-8-6-7-9-24(22)34(25,35)36/h6-13,17-18,21,26H,14-16H2,1-5H3,(H,38,43)(H,39,44)(H2,37,40,45)/t18-,21-,26+/m1/s1. The number of thiophene rings is 1. The molecule has 2 aliphatic rings. The van der Waals surface area contributed by atoms with Gasteiger partial charge in [-0.25, -0.2) is 13.2 Å². The van der Waals surface area contributed by atoms with Gasteiger partial charge < -0.3 is 20.3 Å². The number of halogens is 2. The number of rotatable bonds is 8. The largest absolute Gasteiger partial charge is 0.444 e. The van der Waals surface area contributed by atoms with Crippen LogP contribution in [0.5, 0.6) is 0 Å². The Kier molecular flexibility index (Phi) is 9.91. The molecule has 0 unspecified atom stereocenters. The van der Waals surface area contributed by atoms with Gasteiger partial charge in [0.1, 0.15) is 17.5 Å². The molecule has 0 bridgehead atoms. The average Bonchev–Trinajstić information content (AvgIpc) is 3.75. The average molecular weight is 730 g/mol. The number of hydrogen-bond donors (Lipinski definition) is 4. The first kappa shape index (κ1) is 36.6. The van der Waals surface area contributed by atoms with Crippen LogP contribution in [0.15, 0.2) is 53.9 Å². The van der Waals surface area contributed by atoms with Crippen molar-refractivity contribution in [3.8, 4) is 11.1 Å². The number of benzene rings is 2. The minimum absolute atomic E-state index is 0.0484. The summed E-state index contributed by atoms with van der Waals surface area (Å²) < 4.78 is 60.0. The van der Waals surface area contributed by atoms with Crippen molar-refractivity contribution in [2.45, 2.75) is 63.0 Å². The van der Waals surface area contributed by atoms with E-state index < -0.39 is 69.1 Å². The molecule has 0 saturated carbocycles. The van der Waals surface area contributed by atoms with Gasteiger partial charge in [-0.1, -0.05) is 30.3 Å². The van der Waals surface area contributed by atoms with E-state index >= 15 is 0 Å². The minimum Gasteiger partial charge on any atom is -0.444 e. The molecule has 3 atom stereocenters. The first-order valence-corrected chi connectivity index (χ1v) is 18.5. The Labute approximate surface area is 292 Å². The summed E-state index contributed by atoms with van der Waals surface area (Å²) in [7, 11) is -3.65. The van der Waals surface area contributed by atoms with Crippen molar-refractivity contribution in [2.75, 3.05) is 19.3 Å². The third kappa shape index (κ3) is 7.70. The van der Waals surface area contributed by atoms with Crippen molar-refractivity contribution in [3.05, 3.63) is 81.0 Å². The Bertz CT molecular complexity index is 1990. The molecule has 5 rings (SSSR count). The second-order valence-corrected chi connectivity index (χ2v) is 16.6. The molecule has 4 N–H and O–H groups in total. The quantitative estimate of drug-likeness (QED) is 0.197. The van der Waals surface area contributed by atoms with Crippen LogP contribution in [-0.2, 0) is 30.1 Å². The second kappa shape index (κ2) is 13.5. The fraction of sp³-hybridized carbons (Fsp3) is 0.382. The molecule has 50 heavy (non-hydrogen) atoms. The summed E-state index contributed by atoms with van der Waals surface area (Å²) in [5, 5.41) is 16.4. The molecule has 3 aromatic rings. The fourth-order valence-electron chi connectivity index (χ4n) is 5.88. The number of alkyl carbamates (subject to hydrolysis) is 1. The highest BCUT2D eigenvalue weighted by atomic mass is 32.2. The molecule has 1 aromatic heterocycles. The Morgan fingerprint density at radius 1 is 1.06 bits per heavy atom. The van der Waals surface area contributed by atoms with E-state index in [0.29, 0.717) is 16.0 Å². The number of amidine groups is 1. The number of carbonyl (C=O) groups is 4. The molecule has 1 saturated heterocycles. The Morgan fingerprint density at radius 3 is 2.42 bits per heavy atom. The van der Waals surface area contributed by atoms with Crippen LogP contribution in [-0.4, -0.2) is 79.2 Å². The van der Waals surface area contributed by atoms with Gasteiger partial charge in [0.25, 0.3) is 11.8 Å². The molecule has 1 aliphatic carbocycles. The van der Waals surface area contributed by atoms with Crippen LogP contribution in [0.4, 0.5) is 13.6 Å². The van der Waals surface area contributed by atoms with Gasteiger partial charge in [0.05, 0.1) is 17.8 Å². The maximum atomic E-state index is 14.9. The molecule has 12 nitrogen and oxygen atoms in total. The smallest absolute Gasteiger partial charge is 0.413 e. The summed E-state index contributed by atoms with van der Waals surface area (Å²) in [6, 6.07) is 9.62. The van der Waals surface area contributed by atoms with Gasteiger partial charge >= 0.3 is 6.09 Å². The summed E-state index contributed by atoms with van der Waals surface area (Å²) in [5.74, 6) is -5.44. The van der Waals surface area contributed by atoms with Gasteiger partial charge in [-0.3, -0.25) is 25.1 Å². The van der Waals surface area contributed by atoms with E-state index in [1.807, 2.05) is 0 Å². The van der Waals surface area contributed by atoms with Crippen LogP contribution in [0.2, 0.25) is 0 Å². The van der Waals surface area contributed by atoms with Crippen molar-refractivity contribution in [1.29, 1.82) is 5.41 Å². The molecular formula is C34H37F2N5O7S2. The molecule has 0 spiro atoms.